The number of aryl methyl sites for hydroxylation is 2. The fourth-order valence-corrected chi connectivity index (χ4v) is 2.39. The van der Waals surface area contributed by atoms with E-state index in [4.69, 9.17) is 0 Å². The van der Waals surface area contributed by atoms with E-state index in [0.717, 1.165) is 24.5 Å². The van der Waals surface area contributed by atoms with Crippen LogP contribution < -0.4 is 10.6 Å². The molecule has 1 aromatic heterocycles. The highest BCUT2D eigenvalue weighted by molar-refractivity contribution is 6.03. The van der Waals surface area contributed by atoms with Crippen molar-refractivity contribution in [2.24, 2.45) is 0 Å². The van der Waals surface area contributed by atoms with Crippen molar-refractivity contribution >= 4 is 11.9 Å². The van der Waals surface area contributed by atoms with Gasteiger partial charge in [-0.05, 0) is 43.2 Å². The molecule has 0 spiro atoms. The van der Waals surface area contributed by atoms with E-state index in [9.17, 15) is 4.79 Å². The van der Waals surface area contributed by atoms with E-state index in [1.54, 1.807) is 0 Å². The molecule has 0 bridgehead atoms. The van der Waals surface area contributed by atoms with Gasteiger partial charge in [-0.2, -0.15) is 0 Å². The fraction of sp³-hybridized carbons (Fsp3) is 0.267. The van der Waals surface area contributed by atoms with Crippen molar-refractivity contribution in [3.05, 3.63) is 52.3 Å². The van der Waals surface area contributed by atoms with Gasteiger partial charge >= 0.3 is 0 Å². The van der Waals surface area contributed by atoms with Crippen LogP contribution in [0.25, 0.3) is 0 Å². The Bertz CT molecular complexity index is 661. The van der Waals surface area contributed by atoms with E-state index in [2.05, 4.69) is 20.6 Å². The van der Waals surface area contributed by atoms with Crippen molar-refractivity contribution in [1.82, 2.24) is 15.3 Å². The third-order valence-corrected chi connectivity index (χ3v) is 3.31. The highest BCUT2D eigenvalue weighted by Gasteiger charge is 2.14. The number of aromatic nitrogens is 2. The maximum Gasteiger partial charge on any atom is 0.258 e. The van der Waals surface area contributed by atoms with Gasteiger partial charge in [0.2, 0.25) is 5.95 Å². The topological polar surface area (TPSA) is 66.9 Å². The monoisotopic (exact) mass is 268 g/mol. The number of carbonyl (C=O) groups excluding carboxylic acids is 1. The van der Waals surface area contributed by atoms with Crippen LogP contribution in [0.5, 0.6) is 0 Å². The summed E-state index contributed by atoms with van der Waals surface area (Å²) < 4.78 is 0. The zero-order chi connectivity index (χ0) is 14.1. The number of anilines is 1. The van der Waals surface area contributed by atoms with E-state index in [1.165, 1.54) is 11.1 Å². The second-order valence-corrected chi connectivity index (χ2v) is 5.02. The van der Waals surface area contributed by atoms with E-state index < -0.39 is 0 Å². The molecule has 0 unspecified atom stereocenters. The van der Waals surface area contributed by atoms with Crippen LogP contribution in [0.1, 0.15) is 32.9 Å². The molecule has 0 saturated carbocycles. The third-order valence-electron chi connectivity index (χ3n) is 3.31. The molecule has 20 heavy (non-hydrogen) atoms. The van der Waals surface area contributed by atoms with Crippen LogP contribution in [0.4, 0.5) is 5.95 Å². The molecule has 0 radical (unpaired) electrons. The van der Waals surface area contributed by atoms with Gasteiger partial charge in [-0.1, -0.05) is 6.07 Å². The summed E-state index contributed by atoms with van der Waals surface area (Å²) in [4.78, 5) is 20.7. The van der Waals surface area contributed by atoms with E-state index >= 15 is 0 Å². The van der Waals surface area contributed by atoms with Crippen molar-refractivity contribution in [3.63, 3.8) is 0 Å². The summed E-state index contributed by atoms with van der Waals surface area (Å²) in [6.45, 7) is 5.45. The molecule has 1 amide bonds. The quantitative estimate of drug-likeness (QED) is 0.873. The fourth-order valence-electron chi connectivity index (χ4n) is 2.39. The second-order valence-electron chi connectivity index (χ2n) is 5.02. The first kappa shape index (κ1) is 12.7. The van der Waals surface area contributed by atoms with Crippen molar-refractivity contribution in [2.75, 3.05) is 5.32 Å². The van der Waals surface area contributed by atoms with Crippen molar-refractivity contribution in [1.29, 1.82) is 0 Å². The van der Waals surface area contributed by atoms with Crippen LogP contribution in [-0.2, 0) is 13.1 Å². The first-order chi connectivity index (χ1) is 9.61. The first-order valence-electron chi connectivity index (χ1n) is 6.58. The summed E-state index contributed by atoms with van der Waals surface area (Å²) in [6, 6.07) is 7.63. The van der Waals surface area contributed by atoms with Gasteiger partial charge in [0.15, 0.2) is 0 Å². The van der Waals surface area contributed by atoms with Gasteiger partial charge in [0, 0.05) is 30.0 Å². The number of carbonyl (C=O) groups is 1. The zero-order valence-electron chi connectivity index (χ0n) is 11.5. The average molecular weight is 268 g/mol. The van der Waals surface area contributed by atoms with Crippen LogP contribution in [0.15, 0.2) is 24.3 Å². The second kappa shape index (κ2) is 5.02. The molecule has 5 nitrogen and oxygen atoms in total. The lowest BCUT2D eigenvalue weighted by molar-refractivity contribution is 0.102. The molecular formula is C15H16N4O. The van der Waals surface area contributed by atoms with E-state index in [1.807, 2.05) is 38.1 Å². The number of nitrogens with one attached hydrogen (secondary N) is 2. The first-order valence-corrected chi connectivity index (χ1v) is 6.58. The molecule has 2 heterocycles. The lowest BCUT2D eigenvalue weighted by Crippen LogP contribution is -2.15. The number of hydrogen-bond donors (Lipinski definition) is 2. The van der Waals surface area contributed by atoms with Gasteiger partial charge < -0.3 is 5.32 Å². The Morgan fingerprint density at radius 2 is 1.80 bits per heavy atom. The molecule has 1 aliphatic rings. The predicted octanol–water partition coefficient (Wildman–Crippen LogP) is 1.95. The number of nitrogens with zero attached hydrogens (tertiary/aromatic N) is 2. The Labute approximate surface area is 117 Å². The Morgan fingerprint density at radius 1 is 1.10 bits per heavy atom. The summed E-state index contributed by atoms with van der Waals surface area (Å²) in [5.41, 5.74) is 4.75. The molecule has 0 fully saturated rings. The highest BCUT2D eigenvalue weighted by atomic mass is 16.1. The highest BCUT2D eigenvalue weighted by Crippen LogP contribution is 2.17. The number of benzene rings is 1. The Balaban J connectivity index is 1.82. The predicted molar refractivity (Wildman–Crippen MR) is 76.4 cm³/mol. The number of amides is 1. The average Bonchev–Trinajstić information content (AvgIpc) is 2.84. The summed E-state index contributed by atoms with van der Waals surface area (Å²) in [7, 11) is 0. The zero-order valence-corrected chi connectivity index (χ0v) is 11.5. The van der Waals surface area contributed by atoms with Crippen molar-refractivity contribution < 1.29 is 4.79 Å². The molecule has 102 valence electrons. The Kier molecular flexibility index (Phi) is 3.20. The van der Waals surface area contributed by atoms with Gasteiger partial charge in [0.05, 0.1) is 0 Å². The Morgan fingerprint density at radius 3 is 2.55 bits per heavy atom. The molecule has 1 aliphatic heterocycles. The summed E-state index contributed by atoms with van der Waals surface area (Å²) in [5.74, 6) is 0.177. The van der Waals surface area contributed by atoms with Gasteiger partial charge in [0.25, 0.3) is 5.91 Å². The summed E-state index contributed by atoms with van der Waals surface area (Å²) >= 11 is 0. The lowest BCUT2D eigenvalue weighted by Gasteiger charge is -2.07. The summed E-state index contributed by atoms with van der Waals surface area (Å²) in [6.07, 6.45) is 0. The smallest absolute Gasteiger partial charge is 0.258 e. The van der Waals surface area contributed by atoms with Crippen LogP contribution >= 0.6 is 0 Å². The molecule has 0 saturated heterocycles. The minimum Gasteiger partial charge on any atom is -0.309 e. The van der Waals surface area contributed by atoms with E-state index in [-0.39, 0.29) is 5.91 Å². The largest absolute Gasteiger partial charge is 0.309 e. The van der Waals surface area contributed by atoms with Gasteiger partial charge in [-0.25, -0.2) is 9.97 Å². The SMILES string of the molecule is Cc1cc(C)nc(NC(=O)c2ccc3c(c2)CNC3)n1. The lowest BCUT2D eigenvalue weighted by atomic mass is 10.1. The van der Waals surface area contributed by atoms with Crippen LogP contribution in [0.2, 0.25) is 0 Å². The number of hydrogen-bond acceptors (Lipinski definition) is 4. The normalized spacial score (nSPS) is 13.1. The molecule has 0 aliphatic carbocycles. The van der Waals surface area contributed by atoms with Crippen molar-refractivity contribution in [3.8, 4) is 0 Å². The summed E-state index contributed by atoms with van der Waals surface area (Å²) in [5, 5.41) is 6.01. The molecule has 2 N–H and O–H groups in total. The molecule has 2 aromatic rings. The Hall–Kier alpha value is -2.27. The molecule has 0 atom stereocenters. The van der Waals surface area contributed by atoms with Gasteiger partial charge in [0.1, 0.15) is 0 Å². The standard InChI is InChI=1S/C15H16N4O/c1-9-5-10(2)18-15(17-9)19-14(20)11-3-4-12-7-16-8-13(12)6-11/h3-6,16H,7-8H2,1-2H3,(H,17,18,19,20). The van der Waals surface area contributed by atoms with Gasteiger partial charge in [-0.3, -0.25) is 10.1 Å². The van der Waals surface area contributed by atoms with E-state index in [0.29, 0.717) is 11.5 Å². The molecular weight excluding hydrogens is 252 g/mol. The molecule has 5 heteroatoms. The van der Waals surface area contributed by atoms with Crippen molar-refractivity contribution in [2.45, 2.75) is 26.9 Å². The third kappa shape index (κ3) is 2.53. The van der Waals surface area contributed by atoms with Crippen LogP contribution in [0, 0.1) is 13.8 Å². The number of rotatable bonds is 2. The maximum atomic E-state index is 12.2. The van der Waals surface area contributed by atoms with Gasteiger partial charge in [-0.15, -0.1) is 0 Å². The van der Waals surface area contributed by atoms with Crippen LogP contribution in [-0.4, -0.2) is 15.9 Å². The minimum atomic E-state index is -0.176. The minimum absolute atomic E-state index is 0.176. The molecule has 3 rings (SSSR count). The molecule has 1 aromatic carbocycles. The number of fused-ring (bicyclic) bond motifs is 1. The maximum absolute atomic E-state index is 12.2. The van der Waals surface area contributed by atoms with Crippen LogP contribution in [0.3, 0.4) is 0 Å².